The first-order valence-electron chi connectivity index (χ1n) is 5.17. The zero-order chi connectivity index (χ0) is 10.7. The molecule has 0 aliphatic carbocycles. The van der Waals surface area contributed by atoms with Gasteiger partial charge in [-0.2, -0.15) is 0 Å². The van der Waals surface area contributed by atoms with Gasteiger partial charge in [0.15, 0.2) is 0 Å². The van der Waals surface area contributed by atoms with E-state index >= 15 is 0 Å². The lowest BCUT2D eigenvalue weighted by molar-refractivity contribution is -0.00441. The smallest absolute Gasteiger partial charge is 0.0619 e. The lowest BCUT2D eigenvalue weighted by Crippen LogP contribution is -2.42. The molecule has 15 heavy (non-hydrogen) atoms. The van der Waals surface area contributed by atoms with Gasteiger partial charge in [0.1, 0.15) is 0 Å². The molecule has 82 valence electrons. The minimum absolute atomic E-state index is 0.498. The molecule has 1 atom stereocenters. The van der Waals surface area contributed by atoms with Gasteiger partial charge in [0, 0.05) is 36.0 Å². The quantitative estimate of drug-likeness (QED) is 0.823. The van der Waals surface area contributed by atoms with Crippen molar-refractivity contribution in [1.82, 2.24) is 9.88 Å². The fourth-order valence-electron chi connectivity index (χ4n) is 1.77. The van der Waals surface area contributed by atoms with Gasteiger partial charge in [0.05, 0.1) is 13.2 Å². The van der Waals surface area contributed by atoms with Gasteiger partial charge >= 0.3 is 0 Å². The molecule has 0 N–H and O–H groups in total. The summed E-state index contributed by atoms with van der Waals surface area (Å²) in [7, 11) is 0. The van der Waals surface area contributed by atoms with E-state index in [9.17, 15) is 0 Å². The van der Waals surface area contributed by atoms with Crippen LogP contribution in [0.5, 0.6) is 0 Å². The van der Waals surface area contributed by atoms with Crippen molar-refractivity contribution >= 4 is 15.9 Å². The Labute approximate surface area is 98.6 Å². The number of hydrogen-bond acceptors (Lipinski definition) is 3. The summed E-state index contributed by atoms with van der Waals surface area (Å²) >= 11 is 3.44. The molecule has 3 nitrogen and oxygen atoms in total. The summed E-state index contributed by atoms with van der Waals surface area (Å²) in [5, 5.41) is 0. The summed E-state index contributed by atoms with van der Waals surface area (Å²) in [5.41, 5.74) is 1.25. The summed E-state index contributed by atoms with van der Waals surface area (Å²) in [6.45, 7) is 5.84. The van der Waals surface area contributed by atoms with E-state index in [1.807, 2.05) is 12.4 Å². The van der Waals surface area contributed by atoms with Crippen LogP contribution in [0.4, 0.5) is 0 Å². The minimum Gasteiger partial charge on any atom is -0.379 e. The molecule has 1 fully saturated rings. The molecule has 1 aromatic rings. The third kappa shape index (κ3) is 3.00. The van der Waals surface area contributed by atoms with Crippen LogP contribution in [0.1, 0.15) is 12.5 Å². The first-order valence-corrected chi connectivity index (χ1v) is 5.96. The van der Waals surface area contributed by atoms with Crippen LogP contribution < -0.4 is 0 Å². The Morgan fingerprint density at radius 3 is 3.20 bits per heavy atom. The topological polar surface area (TPSA) is 25.4 Å². The van der Waals surface area contributed by atoms with E-state index in [2.05, 4.69) is 38.8 Å². The zero-order valence-corrected chi connectivity index (χ0v) is 10.4. The Hall–Kier alpha value is -0.450. The number of aromatic nitrogens is 1. The van der Waals surface area contributed by atoms with Crippen LogP contribution in [-0.2, 0) is 11.3 Å². The fourth-order valence-corrected chi connectivity index (χ4v) is 2.19. The van der Waals surface area contributed by atoms with E-state index in [0.717, 1.165) is 30.8 Å². The molecule has 0 aromatic carbocycles. The van der Waals surface area contributed by atoms with Crippen molar-refractivity contribution in [2.24, 2.45) is 0 Å². The van der Waals surface area contributed by atoms with E-state index < -0.39 is 0 Å². The Morgan fingerprint density at radius 2 is 2.47 bits per heavy atom. The maximum Gasteiger partial charge on any atom is 0.0619 e. The molecule has 4 heteroatoms. The average molecular weight is 271 g/mol. The molecule has 0 bridgehead atoms. The van der Waals surface area contributed by atoms with Crippen LogP contribution in [0.2, 0.25) is 0 Å². The van der Waals surface area contributed by atoms with Crippen LogP contribution in [0.25, 0.3) is 0 Å². The van der Waals surface area contributed by atoms with Gasteiger partial charge in [0.2, 0.25) is 0 Å². The van der Waals surface area contributed by atoms with Crippen molar-refractivity contribution in [3.05, 3.63) is 28.5 Å². The third-order valence-corrected chi connectivity index (χ3v) is 3.09. The minimum atomic E-state index is 0.498. The standard InChI is InChI=1S/C11H15BrN2O/c1-9-8-15-3-2-14(9)7-10-4-11(12)6-13-5-10/h4-6,9H,2-3,7-8H2,1H3. The molecule has 1 aromatic heterocycles. The van der Waals surface area contributed by atoms with Crippen molar-refractivity contribution < 1.29 is 4.74 Å². The van der Waals surface area contributed by atoms with Gasteiger partial charge < -0.3 is 4.74 Å². The average Bonchev–Trinajstić information content (AvgIpc) is 2.22. The second kappa shape index (κ2) is 5.05. The number of pyridine rings is 1. The van der Waals surface area contributed by atoms with Gasteiger partial charge in [-0.25, -0.2) is 0 Å². The van der Waals surface area contributed by atoms with Crippen LogP contribution >= 0.6 is 15.9 Å². The molecule has 2 rings (SSSR count). The molecule has 2 heterocycles. The second-order valence-corrected chi connectivity index (χ2v) is 4.82. The molecule has 1 unspecified atom stereocenters. The number of rotatable bonds is 2. The van der Waals surface area contributed by atoms with Crippen LogP contribution in [-0.4, -0.2) is 35.7 Å². The largest absolute Gasteiger partial charge is 0.379 e. The molecular formula is C11H15BrN2O. The third-order valence-electron chi connectivity index (χ3n) is 2.65. The van der Waals surface area contributed by atoms with Crippen LogP contribution in [0.3, 0.4) is 0 Å². The highest BCUT2D eigenvalue weighted by atomic mass is 79.9. The van der Waals surface area contributed by atoms with Crippen molar-refractivity contribution in [3.63, 3.8) is 0 Å². The summed E-state index contributed by atoms with van der Waals surface area (Å²) in [5.74, 6) is 0. The molecule has 0 radical (unpaired) electrons. The highest BCUT2D eigenvalue weighted by molar-refractivity contribution is 9.10. The summed E-state index contributed by atoms with van der Waals surface area (Å²) in [6.07, 6.45) is 3.74. The highest BCUT2D eigenvalue weighted by Crippen LogP contribution is 2.14. The van der Waals surface area contributed by atoms with E-state index in [0.29, 0.717) is 6.04 Å². The van der Waals surface area contributed by atoms with Crippen molar-refractivity contribution in [3.8, 4) is 0 Å². The van der Waals surface area contributed by atoms with Gasteiger partial charge in [0.25, 0.3) is 0 Å². The number of halogens is 1. The highest BCUT2D eigenvalue weighted by Gasteiger charge is 2.18. The second-order valence-electron chi connectivity index (χ2n) is 3.91. The van der Waals surface area contributed by atoms with Gasteiger partial charge in [-0.3, -0.25) is 9.88 Å². The van der Waals surface area contributed by atoms with E-state index in [1.165, 1.54) is 5.56 Å². The fraction of sp³-hybridized carbons (Fsp3) is 0.545. The number of nitrogens with zero attached hydrogens (tertiary/aromatic N) is 2. The lowest BCUT2D eigenvalue weighted by Gasteiger charge is -2.33. The number of ether oxygens (including phenoxy) is 1. The first-order chi connectivity index (χ1) is 7.25. The molecule has 0 saturated carbocycles. The summed E-state index contributed by atoms with van der Waals surface area (Å²) in [6, 6.07) is 2.62. The molecule has 1 aliphatic heterocycles. The van der Waals surface area contributed by atoms with Crippen LogP contribution in [0.15, 0.2) is 22.9 Å². The Bertz CT molecular complexity index is 332. The SMILES string of the molecule is CC1COCCN1Cc1cncc(Br)c1. The Morgan fingerprint density at radius 1 is 1.60 bits per heavy atom. The van der Waals surface area contributed by atoms with Gasteiger partial charge in [-0.15, -0.1) is 0 Å². The summed E-state index contributed by atoms with van der Waals surface area (Å²) in [4.78, 5) is 6.59. The molecular weight excluding hydrogens is 256 g/mol. The molecule has 1 aliphatic rings. The predicted octanol–water partition coefficient (Wildman–Crippen LogP) is 2.06. The van der Waals surface area contributed by atoms with Gasteiger partial charge in [-0.1, -0.05) is 0 Å². The maximum absolute atomic E-state index is 5.41. The predicted molar refractivity (Wildman–Crippen MR) is 62.6 cm³/mol. The Balaban J connectivity index is 2.01. The molecule has 0 amide bonds. The molecule has 0 spiro atoms. The van der Waals surface area contributed by atoms with Crippen molar-refractivity contribution in [2.45, 2.75) is 19.5 Å². The monoisotopic (exact) mass is 270 g/mol. The number of morpholine rings is 1. The van der Waals surface area contributed by atoms with E-state index in [-0.39, 0.29) is 0 Å². The van der Waals surface area contributed by atoms with Crippen LogP contribution in [0, 0.1) is 0 Å². The van der Waals surface area contributed by atoms with E-state index in [1.54, 1.807) is 0 Å². The lowest BCUT2D eigenvalue weighted by atomic mass is 10.2. The zero-order valence-electron chi connectivity index (χ0n) is 8.82. The van der Waals surface area contributed by atoms with Gasteiger partial charge in [-0.05, 0) is 34.5 Å². The summed E-state index contributed by atoms with van der Waals surface area (Å²) < 4.78 is 6.45. The number of hydrogen-bond donors (Lipinski definition) is 0. The normalized spacial score (nSPS) is 22.9. The molecule has 1 saturated heterocycles. The first kappa shape index (κ1) is 11.0. The Kier molecular flexibility index (Phi) is 3.72. The van der Waals surface area contributed by atoms with E-state index in [4.69, 9.17) is 4.74 Å². The maximum atomic E-state index is 5.41. The van der Waals surface area contributed by atoms with Crippen molar-refractivity contribution in [2.75, 3.05) is 19.8 Å². The van der Waals surface area contributed by atoms with Crippen molar-refractivity contribution in [1.29, 1.82) is 0 Å².